The molecule has 0 radical (unpaired) electrons. The Kier molecular flexibility index (Phi) is 2.44. The molecule has 2 fully saturated rings. The zero-order chi connectivity index (χ0) is 12.8. The van der Waals surface area contributed by atoms with Crippen LogP contribution in [0.15, 0.2) is 12.7 Å². The highest BCUT2D eigenvalue weighted by Gasteiger charge is 2.43. The van der Waals surface area contributed by atoms with E-state index < -0.39 is 0 Å². The summed E-state index contributed by atoms with van der Waals surface area (Å²) in [7, 11) is 0. The van der Waals surface area contributed by atoms with E-state index in [9.17, 15) is 0 Å². The van der Waals surface area contributed by atoms with Gasteiger partial charge < -0.3 is 15.6 Å². The summed E-state index contributed by atoms with van der Waals surface area (Å²) < 4.78 is 2.13. The lowest BCUT2D eigenvalue weighted by atomic mass is 10.0. The van der Waals surface area contributed by atoms with Crippen molar-refractivity contribution >= 4 is 17.0 Å². The van der Waals surface area contributed by atoms with Crippen LogP contribution < -0.4 is 11.1 Å². The fourth-order valence-electron chi connectivity index (χ4n) is 3.39. The number of hydrogen-bond acceptors (Lipinski definition) is 5. The summed E-state index contributed by atoms with van der Waals surface area (Å²) in [5, 5.41) is 3.45. The first-order chi connectivity index (χ1) is 9.33. The molecule has 3 N–H and O–H groups in total. The first-order valence-electron chi connectivity index (χ1n) is 6.95. The van der Waals surface area contributed by atoms with Gasteiger partial charge in [0.05, 0.1) is 6.33 Å². The molecule has 100 valence electrons. The number of hydrogen-bond donors (Lipinski definition) is 2. The van der Waals surface area contributed by atoms with Gasteiger partial charge in [0.15, 0.2) is 11.5 Å². The van der Waals surface area contributed by atoms with Gasteiger partial charge in [-0.2, -0.15) is 0 Å². The topological polar surface area (TPSA) is 81.7 Å². The Balaban J connectivity index is 1.52. The van der Waals surface area contributed by atoms with Crippen LogP contribution in [0.2, 0.25) is 0 Å². The molecule has 4 rings (SSSR count). The molecule has 0 amide bonds. The van der Waals surface area contributed by atoms with E-state index in [-0.39, 0.29) is 0 Å². The van der Waals surface area contributed by atoms with Crippen molar-refractivity contribution in [3.05, 3.63) is 12.7 Å². The van der Waals surface area contributed by atoms with Crippen LogP contribution in [0.1, 0.15) is 12.8 Å². The number of aromatic nitrogens is 4. The van der Waals surface area contributed by atoms with Gasteiger partial charge in [0.25, 0.3) is 0 Å². The van der Waals surface area contributed by atoms with Crippen LogP contribution >= 0.6 is 0 Å². The van der Waals surface area contributed by atoms with Gasteiger partial charge in [-0.25, -0.2) is 15.0 Å². The molecule has 6 heteroatoms. The SMILES string of the molecule is Nc1ncnc2c1ncn2C[C@@H]1C[C@H]1C1CCNC1. The van der Waals surface area contributed by atoms with E-state index in [1.807, 2.05) is 6.33 Å². The summed E-state index contributed by atoms with van der Waals surface area (Å²) in [4.78, 5) is 12.6. The van der Waals surface area contributed by atoms with Gasteiger partial charge in [0, 0.05) is 6.54 Å². The molecule has 0 aromatic carbocycles. The summed E-state index contributed by atoms with van der Waals surface area (Å²) in [5.74, 6) is 3.00. The molecule has 6 nitrogen and oxygen atoms in total. The number of anilines is 1. The van der Waals surface area contributed by atoms with Gasteiger partial charge in [0.1, 0.15) is 11.8 Å². The maximum atomic E-state index is 5.81. The molecule has 1 unspecified atom stereocenters. The first kappa shape index (κ1) is 11.2. The highest BCUT2D eigenvalue weighted by atomic mass is 15.1. The second-order valence-corrected chi connectivity index (χ2v) is 5.74. The molecule has 0 bridgehead atoms. The van der Waals surface area contributed by atoms with Crippen molar-refractivity contribution in [3.63, 3.8) is 0 Å². The van der Waals surface area contributed by atoms with E-state index in [2.05, 4.69) is 24.8 Å². The molecule has 1 aliphatic heterocycles. The second kappa shape index (κ2) is 4.16. The molecule has 0 spiro atoms. The first-order valence-corrected chi connectivity index (χ1v) is 6.95. The van der Waals surface area contributed by atoms with Gasteiger partial charge in [-0.15, -0.1) is 0 Å². The van der Waals surface area contributed by atoms with Crippen molar-refractivity contribution in [1.82, 2.24) is 24.8 Å². The zero-order valence-corrected chi connectivity index (χ0v) is 10.8. The summed E-state index contributed by atoms with van der Waals surface area (Å²) in [5.41, 5.74) is 7.40. The van der Waals surface area contributed by atoms with Gasteiger partial charge >= 0.3 is 0 Å². The van der Waals surface area contributed by atoms with Crippen molar-refractivity contribution in [3.8, 4) is 0 Å². The second-order valence-electron chi connectivity index (χ2n) is 5.74. The predicted molar refractivity (Wildman–Crippen MR) is 72.3 cm³/mol. The van der Waals surface area contributed by atoms with Crippen molar-refractivity contribution in [2.75, 3.05) is 18.8 Å². The number of imidazole rings is 1. The number of fused-ring (bicyclic) bond motifs is 1. The monoisotopic (exact) mass is 258 g/mol. The molecule has 3 heterocycles. The summed E-state index contributed by atoms with van der Waals surface area (Å²) in [6.45, 7) is 3.39. The zero-order valence-electron chi connectivity index (χ0n) is 10.8. The highest BCUT2D eigenvalue weighted by Crippen LogP contribution is 2.47. The van der Waals surface area contributed by atoms with E-state index in [1.54, 1.807) is 0 Å². The largest absolute Gasteiger partial charge is 0.382 e. The molecular weight excluding hydrogens is 240 g/mol. The van der Waals surface area contributed by atoms with Gasteiger partial charge in [-0.05, 0) is 43.7 Å². The van der Waals surface area contributed by atoms with E-state index in [1.165, 1.54) is 32.3 Å². The molecule has 1 saturated carbocycles. The van der Waals surface area contributed by atoms with Crippen molar-refractivity contribution in [2.24, 2.45) is 17.8 Å². The van der Waals surface area contributed by atoms with Crippen LogP contribution in [-0.4, -0.2) is 32.6 Å². The maximum absolute atomic E-state index is 5.81. The van der Waals surface area contributed by atoms with Crippen molar-refractivity contribution in [2.45, 2.75) is 19.4 Å². The van der Waals surface area contributed by atoms with Gasteiger partial charge in [-0.1, -0.05) is 0 Å². The summed E-state index contributed by atoms with van der Waals surface area (Å²) in [6.07, 6.45) is 6.03. The quantitative estimate of drug-likeness (QED) is 0.845. The van der Waals surface area contributed by atoms with Crippen LogP contribution in [-0.2, 0) is 6.54 Å². The fraction of sp³-hybridized carbons (Fsp3) is 0.615. The third kappa shape index (κ3) is 1.87. The number of nitrogen functional groups attached to an aromatic ring is 1. The van der Waals surface area contributed by atoms with E-state index >= 15 is 0 Å². The number of nitrogens with zero attached hydrogens (tertiary/aromatic N) is 4. The molecule has 1 aliphatic carbocycles. The lowest BCUT2D eigenvalue weighted by molar-refractivity contribution is 0.452. The van der Waals surface area contributed by atoms with E-state index in [0.29, 0.717) is 5.82 Å². The Labute approximate surface area is 111 Å². The average Bonchev–Trinajstić information content (AvgIpc) is 2.84. The van der Waals surface area contributed by atoms with Crippen LogP contribution in [0.3, 0.4) is 0 Å². The minimum absolute atomic E-state index is 0.469. The summed E-state index contributed by atoms with van der Waals surface area (Å²) in [6, 6.07) is 0. The molecule has 1 saturated heterocycles. The fourth-order valence-corrected chi connectivity index (χ4v) is 3.39. The van der Waals surface area contributed by atoms with Crippen LogP contribution in [0.25, 0.3) is 11.2 Å². The Morgan fingerprint density at radius 1 is 1.37 bits per heavy atom. The lowest BCUT2D eigenvalue weighted by Gasteiger charge is -2.08. The Morgan fingerprint density at radius 3 is 3.16 bits per heavy atom. The lowest BCUT2D eigenvalue weighted by Crippen LogP contribution is -2.12. The molecule has 19 heavy (non-hydrogen) atoms. The number of nitrogens with two attached hydrogens (primary N) is 1. The normalized spacial score (nSPS) is 30.0. The molecule has 2 aliphatic rings. The molecule has 2 aromatic rings. The van der Waals surface area contributed by atoms with Gasteiger partial charge in [-0.3, -0.25) is 0 Å². The minimum Gasteiger partial charge on any atom is -0.382 e. The number of nitrogens with one attached hydrogen (secondary N) is 1. The maximum Gasteiger partial charge on any atom is 0.165 e. The average molecular weight is 258 g/mol. The smallest absolute Gasteiger partial charge is 0.165 e. The Morgan fingerprint density at radius 2 is 2.32 bits per heavy atom. The number of rotatable bonds is 3. The van der Waals surface area contributed by atoms with Crippen molar-refractivity contribution < 1.29 is 0 Å². The van der Waals surface area contributed by atoms with Crippen LogP contribution in [0.5, 0.6) is 0 Å². The predicted octanol–water partition coefficient (Wildman–Crippen LogP) is 0.654. The third-order valence-electron chi connectivity index (χ3n) is 4.54. The Hall–Kier alpha value is -1.69. The van der Waals surface area contributed by atoms with Crippen LogP contribution in [0, 0.1) is 17.8 Å². The molecular formula is C13H18N6. The Bertz CT molecular complexity index is 600. The van der Waals surface area contributed by atoms with Crippen molar-refractivity contribution in [1.29, 1.82) is 0 Å². The third-order valence-corrected chi connectivity index (χ3v) is 4.54. The van der Waals surface area contributed by atoms with E-state index in [4.69, 9.17) is 5.73 Å². The van der Waals surface area contributed by atoms with E-state index in [0.717, 1.165) is 35.5 Å². The minimum atomic E-state index is 0.469. The standard InChI is InChI=1S/C13H18N6/c14-12-11-13(17-6-16-12)19(7-18-11)5-9-3-10(9)8-1-2-15-4-8/h6-10,15H,1-5H2,(H2,14,16,17)/t8?,9-,10-/m0/s1. The van der Waals surface area contributed by atoms with Gasteiger partial charge in [0.2, 0.25) is 0 Å². The highest BCUT2D eigenvalue weighted by molar-refractivity contribution is 5.81. The molecule has 3 atom stereocenters. The molecule has 2 aromatic heterocycles. The van der Waals surface area contributed by atoms with Crippen LogP contribution in [0.4, 0.5) is 5.82 Å². The summed E-state index contributed by atoms with van der Waals surface area (Å²) >= 11 is 0.